The van der Waals surface area contributed by atoms with Gasteiger partial charge in [0.2, 0.25) is 5.91 Å². The highest BCUT2D eigenvalue weighted by Crippen LogP contribution is 2.18. The van der Waals surface area contributed by atoms with Crippen molar-refractivity contribution in [2.75, 3.05) is 19.8 Å². The molecule has 0 bridgehead atoms. The first-order valence-electron chi connectivity index (χ1n) is 7.86. The van der Waals surface area contributed by atoms with Crippen LogP contribution < -0.4 is 10.6 Å². The molecule has 0 aromatic carbocycles. The topological polar surface area (TPSA) is 50.4 Å². The van der Waals surface area contributed by atoms with Crippen LogP contribution in [0.5, 0.6) is 0 Å². The van der Waals surface area contributed by atoms with Crippen LogP contribution in [-0.2, 0) is 9.53 Å². The Bertz CT molecular complexity index is 238. The first-order chi connectivity index (χ1) is 9.26. The zero-order valence-electron chi connectivity index (χ0n) is 12.5. The fraction of sp³-hybridized carbons (Fsp3) is 0.933. The van der Waals surface area contributed by atoms with Gasteiger partial charge in [-0.3, -0.25) is 4.79 Å². The van der Waals surface area contributed by atoms with Crippen LogP contribution in [-0.4, -0.2) is 37.7 Å². The molecule has 1 saturated carbocycles. The first-order valence-corrected chi connectivity index (χ1v) is 7.86. The van der Waals surface area contributed by atoms with E-state index in [4.69, 9.17) is 4.74 Å². The Morgan fingerprint density at radius 2 is 1.74 bits per heavy atom. The molecule has 0 spiro atoms. The molecule has 112 valence electrons. The average Bonchev–Trinajstić information content (AvgIpc) is 2.43. The third-order valence-corrected chi connectivity index (χ3v) is 3.60. The van der Waals surface area contributed by atoms with E-state index in [9.17, 15) is 4.79 Å². The maximum absolute atomic E-state index is 11.7. The fourth-order valence-electron chi connectivity index (χ4n) is 2.50. The molecule has 0 unspecified atom stereocenters. The second kappa shape index (κ2) is 10.2. The summed E-state index contributed by atoms with van der Waals surface area (Å²) in [6.45, 7) is 6.68. The average molecular weight is 270 g/mol. The van der Waals surface area contributed by atoms with E-state index in [1.54, 1.807) is 0 Å². The number of hydrogen-bond donors (Lipinski definition) is 2. The molecule has 4 heteroatoms. The molecule has 0 heterocycles. The van der Waals surface area contributed by atoms with Crippen molar-refractivity contribution >= 4 is 5.91 Å². The largest absolute Gasteiger partial charge is 0.381 e. The Morgan fingerprint density at radius 3 is 2.37 bits per heavy atom. The number of carbonyl (C=O) groups excluding carboxylic acids is 1. The number of hydrogen-bond acceptors (Lipinski definition) is 3. The lowest BCUT2D eigenvalue weighted by Crippen LogP contribution is -2.42. The number of amides is 1. The first kappa shape index (κ1) is 16.4. The zero-order valence-corrected chi connectivity index (χ0v) is 12.5. The van der Waals surface area contributed by atoms with E-state index in [0.29, 0.717) is 25.1 Å². The molecule has 19 heavy (non-hydrogen) atoms. The minimum Gasteiger partial charge on any atom is -0.381 e. The molecule has 0 aliphatic heterocycles. The summed E-state index contributed by atoms with van der Waals surface area (Å²) in [6.07, 6.45) is 7.25. The monoisotopic (exact) mass is 270 g/mol. The minimum absolute atomic E-state index is 0.140. The summed E-state index contributed by atoms with van der Waals surface area (Å²) in [5.41, 5.74) is 0. The zero-order chi connectivity index (χ0) is 13.9. The molecular weight excluding hydrogens is 240 g/mol. The van der Waals surface area contributed by atoms with E-state index >= 15 is 0 Å². The second-order valence-corrected chi connectivity index (χ2v) is 5.43. The van der Waals surface area contributed by atoms with E-state index in [2.05, 4.69) is 24.5 Å². The summed E-state index contributed by atoms with van der Waals surface area (Å²) >= 11 is 0. The van der Waals surface area contributed by atoms with Crippen molar-refractivity contribution in [2.24, 2.45) is 0 Å². The van der Waals surface area contributed by atoms with Gasteiger partial charge in [-0.05, 0) is 45.1 Å². The van der Waals surface area contributed by atoms with Gasteiger partial charge in [-0.2, -0.15) is 0 Å². The van der Waals surface area contributed by atoms with Crippen LogP contribution in [0, 0.1) is 0 Å². The summed E-state index contributed by atoms with van der Waals surface area (Å²) in [6, 6.07) is 1.03. The van der Waals surface area contributed by atoms with Crippen LogP contribution in [0.15, 0.2) is 0 Å². The molecule has 1 aliphatic rings. The van der Waals surface area contributed by atoms with E-state index in [1.807, 2.05) is 0 Å². The van der Waals surface area contributed by atoms with Crippen molar-refractivity contribution in [1.82, 2.24) is 10.6 Å². The van der Waals surface area contributed by atoms with Crippen LogP contribution in [0.1, 0.15) is 58.8 Å². The number of nitrogens with one attached hydrogen (secondary N) is 2. The highest BCUT2D eigenvalue weighted by Gasteiger charge is 2.21. The SMILES string of the molecule is CCCNC1CCC(NC(=O)CCOCCC)CC1. The van der Waals surface area contributed by atoms with Crippen LogP contribution in [0.25, 0.3) is 0 Å². The molecular formula is C15H30N2O2. The summed E-state index contributed by atoms with van der Waals surface area (Å²) in [5, 5.41) is 6.69. The minimum atomic E-state index is 0.140. The summed E-state index contributed by atoms with van der Waals surface area (Å²) in [5.74, 6) is 0.140. The van der Waals surface area contributed by atoms with Crippen LogP contribution in [0.3, 0.4) is 0 Å². The van der Waals surface area contributed by atoms with Crippen LogP contribution >= 0.6 is 0 Å². The molecule has 1 aliphatic carbocycles. The molecule has 1 rings (SSSR count). The third-order valence-electron chi connectivity index (χ3n) is 3.60. The molecule has 1 fully saturated rings. The highest BCUT2D eigenvalue weighted by atomic mass is 16.5. The van der Waals surface area contributed by atoms with Crippen molar-refractivity contribution in [3.63, 3.8) is 0 Å². The Balaban J connectivity index is 2.06. The molecule has 1 amide bonds. The standard InChI is InChI=1S/C15H30N2O2/c1-3-10-16-13-5-7-14(8-6-13)17-15(18)9-12-19-11-4-2/h13-14,16H,3-12H2,1-2H3,(H,17,18). The number of carbonyl (C=O) groups is 1. The van der Waals surface area contributed by atoms with Crippen molar-refractivity contribution in [3.05, 3.63) is 0 Å². The maximum Gasteiger partial charge on any atom is 0.222 e. The van der Waals surface area contributed by atoms with Gasteiger partial charge < -0.3 is 15.4 Å². The van der Waals surface area contributed by atoms with Gasteiger partial charge in [0.25, 0.3) is 0 Å². The number of rotatable bonds is 9. The fourth-order valence-corrected chi connectivity index (χ4v) is 2.50. The van der Waals surface area contributed by atoms with Gasteiger partial charge in [-0.1, -0.05) is 13.8 Å². The molecule has 0 aromatic rings. The van der Waals surface area contributed by atoms with E-state index < -0.39 is 0 Å². The quantitative estimate of drug-likeness (QED) is 0.632. The van der Waals surface area contributed by atoms with Gasteiger partial charge in [0, 0.05) is 25.1 Å². The smallest absolute Gasteiger partial charge is 0.222 e. The lowest BCUT2D eigenvalue weighted by Gasteiger charge is -2.29. The van der Waals surface area contributed by atoms with Crippen molar-refractivity contribution in [3.8, 4) is 0 Å². The normalized spacial score (nSPS) is 23.3. The molecule has 2 N–H and O–H groups in total. The Morgan fingerprint density at radius 1 is 1.05 bits per heavy atom. The van der Waals surface area contributed by atoms with Crippen molar-refractivity contribution in [1.29, 1.82) is 0 Å². The van der Waals surface area contributed by atoms with E-state index in [-0.39, 0.29) is 5.91 Å². The third kappa shape index (κ3) is 7.53. The van der Waals surface area contributed by atoms with Crippen molar-refractivity contribution in [2.45, 2.75) is 70.9 Å². The Hall–Kier alpha value is -0.610. The number of ether oxygens (including phenoxy) is 1. The molecule has 0 saturated heterocycles. The molecule has 4 nitrogen and oxygen atoms in total. The van der Waals surface area contributed by atoms with Gasteiger partial charge in [-0.15, -0.1) is 0 Å². The van der Waals surface area contributed by atoms with Gasteiger partial charge in [-0.25, -0.2) is 0 Å². The Labute approximate surface area is 117 Å². The molecule has 0 aromatic heterocycles. The summed E-state index contributed by atoms with van der Waals surface area (Å²) in [7, 11) is 0. The van der Waals surface area contributed by atoms with Gasteiger partial charge in [0.15, 0.2) is 0 Å². The summed E-state index contributed by atoms with van der Waals surface area (Å²) in [4.78, 5) is 11.7. The van der Waals surface area contributed by atoms with Gasteiger partial charge in [0.1, 0.15) is 0 Å². The highest BCUT2D eigenvalue weighted by molar-refractivity contribution is 5.76. The molecule has 0 radical (unpaired) electrons. The predicted octanol–water partition coefficient (Wildman–Crippen LogP) is 2.23. The van der Waals surface area contributed by atoms with E-state index in [0.717, 1.165) is 32.4 Å². The van der Waals surface area contributed by atoms with Crippen LogP contribution in [0.4, 0.5) is 0 Å². The lowest BCUT2D eigenvalue weighted by atomic mass is 9.91. The Kier molecular flexibility index (Phi) is 8.84. The van der Waals surface area contributed by atoms with E-state index in [1.165, 1.54) is 19.3 Å². The molecule has 0 atom stereocenters. The maximum atomic E-state index is 11.7. The second-order valence-electron chi connectivity index (χ2n) is 5.43. The van der Waals surface area contributed by atoms with Gasteiger partial charge >= 0.3 is 0 Å². The van der Waals surface area contributed by atoms with Gasteiger partial charge in [0.05, 0.1) is 6.61 Å². The van der Waals surface area contributed by atoms with Crippen molar-refractivity contribution < 1.29 is 9.53 Å². The van der Waals surface area contributed by atoms with Crippen LogP contribution in [0.2, 0.25) is 0 Å². The lowest BCUT2D eigenvalue weighted by molar-refractivity contribution is -0.123. The summed E-state index contributed by atoms with van der Waals surface area (Å²) < 4.78 is 5.33. The predicted molar refractivity (Wildman–Crippen MR) is 78.2 cm³/mol.